The second-order valence-electron chi connectivity index (χ2n) is 7.81. The zero-order valence-corrected chi connectivity index (χ0v) is 17.6. The number of anilines is 2. The van der Waals surface area contributed by atoms with Gasteiger partial charge in [0.25, 0.3) is 5.88 Å². The molecule has 3 aromatic rings. The fourth-order valence-electron chi connectivity index (χ4n) is 3.75. The van der Waals surface area contributed by atoms with Crippen LogP contribution in [0.2, 0.25) is 0 Å². The molecule has 2 aromatic carbocycles. The first-order chi connectivity index (χ1) is 15.0. The van der Waals surface area contributed by atoms with Crippen LogP contribution in [0.5, 0.6) is 11.6 Å². The fraction of sp³-hybridized carbons (Fsp3) is 0.292. The molecule has 1 aromatic heterocycles. The summed E-state index contributed by atoms with van der Waals surface area (Å²) in [6.45, 7) is 5.13. The molecular formula is C24H25FN4O2. The molecule has 1 saturated heterocycles. The number of aryl methyl sites for hydroxylation is 2. The minimum atomic E-state index is -0.309. The van der Waals surface area contributed by atoms with E-state index in [0.717, 1.165) is 5.56 Å². The van der Waals surface area contributed by atoms with Gasteiger partial charge in [-0.1, -0.05) is 12.1 Å². The smallest absolute Gasteiger partial charge is 0.263 e. The SMILES string of the molecule is Cc1cccc(Oc2nccnc2N2CCC(C(=O)Nc3ccc(F)cc3C)CC2)c1. The lowest BCUT2D eigenvalue weighted by molar-refractivity contribution is -0.120. The number of carbonyl (C=O) groups excluding carboxylic acids is 1. The zero-order chi connectivity index (χ0) is 21.8. The highest BCUT2D eigenvalue weighted by Gasteiger charge is 2.28. The van der Waals surface area contributed by atoms with Gasteiger partial charge in [0.1, 0.15) is 11.6 Å². The summed E-state index contributed by atoms with van der Waals surface area (Å²) in [5.41, 5.74) is 2.46. The van der Waals surface area contributed by atoms with Gasteiger partial charge in [-0.25, -0.2) is 14.4 Å². The highest BCUT2D eigenvalue weighted by Crippen LogP contribution is 2.31. The van der Waals surface area contributed by atoms with Gasteiger partial charge in [-0.15, -0.1) is 0 Å². The monoisotopic (exact) mass is 420 g/mol. The van der Waals surface area contributed by atoms with Crippen LogP contribution in [0, 0.1) is 25.6 Å². The molecule has 31 heavy (non-hydrogen) atoms. The standard InChI is InChI=1S/C24H25FN4O2/c1-16-4-3-5-20(14-16)31-24-22(26-10-11-27-24)29-12-8-18(9-13-29)23(30)28-21-7-6-19(25)15-17(21)2/h3-7,10-11,14-15,18H,8-9,12-13H2,1-2H3,(H,28,30). The van der Waals surface area contributed by atoms with Crippen LogP contribution in [0.25, 0.3) is 0 Å². The van der Waals surface area contributed by atoms with E-state index in [-0.39, 0.29) is 17.6 Å². The molecule has 7 heteroatoms. The summed E-state index contributed by atoms with van der Waals surface area (Å²) >= 11 is 0. The normalized spacial score (nSPS) is 14.4. The molecule has 0 atom stereocenters. The van der Waals surface area contributed by atoms with Gasteiger partial charge >= 0.3 is 0 Å². The van der Waals surface area contributed by atoms with Crippen LogP contribution in [0.1, 0.15) is 24.0 Å². The Morgan fingerprint density at radius 1 is 1.10 bits per heavy atom. The Hall–Kier alpha value is -3.48. The third-order valence-electron chi connectivity index (χ3n) is 5.46. The van der Waals surface area contributed by atoms with Gasteiger partial charge in [-0.3, -0.25) is 4.79 Å². The highest BCUT2D eigenvalue weighted by atomic mass is 19.1. The van der Waals surface area contributed by atoms with Crippen LogP contribution in [-0.4, -0.2) is 29.0 Å². The average molecular weight is 420 g/mol. The van der Waals surface area contributed by atoms with Crippen molar-refractivity contribution in [1.82, 2.24) is 9.97 Å². The highest BCUT2D eigenvalue weighted by molar-refractivity contribution is 5.93. The van der Waals surface area contributed by atoms with E-state index in [1.54, 1.807) is 25.4 Å². The molecule has 6 nitrogen and oxygen atoms in total. The zero-order valence-electron chi connectivity index (χ0n) is 17.6. The average Bonchev–Trinajstić information content (AvgIpc) is 2.76. The molecule has 1 aliphatic rings. The lowest BCUT2D eigenvalue weighted by atomic mass is 9.95. The molecule has 1 N–H and O–H groups in total. The van der Waals surface area contributed by atoms with Crippen molar-refractivity contribution in [1.29, 1.82) is 0 Å². The number of ether oxygens (including phenoxy) is 1. The van der Waals surface area contributed by atoms with E-state index in [2.05, 4.69) is 20.2 Å². The van der Waals surface area contributed by atoms with Crippen LogP contribution >= 0.6 is 0 Å². The fourth-order valence-corrected chi connectivity index (χ4v) is 3.75. The van der Waals surface area contributed by atoms with Crippen molar-refractivity contribution in [3.8, 4) is 11.6 Å². The number of hydrogen-bond donors (Lipinski definition) is 1. The van der Waals surface area contributed by atoms with E-state index < -0.39 is 0 Å². The van der Waals surface area contributed by atoms with Crippen LogP contribution in [0.4, 0.5) is 15.9 Å². The van der Waals surface area contributed by atoms with Crippen LogP contribution < -0.4 is 15.0 Å². The molecule has 160 valence electrons. The predicted octanol–water partition coefficient (Wildman–Crippen LogP) is 4.88. The Labute approximate surface area is 181 Å². The summed E-state index contributed by atoms with van der Waals surface area (Å²) < 4.78 is 19.3. The molecular weight excluding hydrogens is 395 g/mol. The number of benzene rings is 2. The van der Waals surface area contributed by atoms with Gasteiger partial charge in [0.15, 0.2) is 5.82 Å². The van der Waals surface area contributed by atoms with Gasteiger partial charge in [-0.2, -0.15) is 0 Å². The van der Waals surface area contributed by atoms with E-state index in [1.165, 1.54) is 12.1 Å². The number of amides is 1. The molecule has 0 saturated carbocycles. The van der Waals surface area contributed by atoms with Crippen molar-refractivity contribution < 1.29 is 13.9 Å². The Morgan fingerprint density at radius 3 is 2.61 bits per heavy atom. The van der Waals surface area contributed by atoms with Crippen molar-refractivity contribution in [2.75, 3.05) is 23.3 Å². The quantitative estimate of drug-likeness (QED) is 0.637. The van der Waals surface area contributed by atoms with Gasteiger partial charge in [0.05, 0.1) is 0 Å². The summed E-state index contributed by atoms with van der Waals surface area (Å²) in [7, 11) is 0. The van der Waals surface area contributed by atoms with E-state index in [4.69, 9.17) is 4.74 Å². The molecule has 1 fully saturated rings. The van der Waals surface area contributed by atoms with E-state index in [1.807, 2.05) is 31.2 Å². The summed E-state index contributed by atoms with van der Waals surface area (Å²) in [5.74, 6) is 1.39. The van der Waals surface area contributed by atoms with Gasteiger partial charge in [-0.05, 0) is 68.1 Å². The van der Waals surface area contributed by atoms with Crippen molar-refractivity contribution in [3.05, 3.63) is 71.8 Å². The first-order valence-electron chi connectivity index (χ1n) is 10.4. The molecule has 0 spiro atoms. The number of hydrogen-bond acceptors (Lipinski definition) is 5. The number of aromatic nitrogens is 2. The van der Waals surface area contributed by atoms with E-state index >= 15 is 0 Å². The predicted molar refractivity (Wildman–Crippen MR) is 118 cm³/mol. The molecule has 4 rings (SSSR count). The molecule has 0 radical (unpaired) electrons. The minimum Gasteiger partial charge on any atom is -0.436 e. The number of nitrogens with one attached hydrogen (secondary N) is 1. The molecule has 2 heterocycles. The lowest BCUT2D eigenvalue weighted by Crippen LogP contribution is -2.38. The number of rotatable bonds is 5. The Balaban J connectivity index is 1.40. The maximum Gasteiger partial charge on any atom is 0.263 e. The third-order valence-corrected chi connectivity index (χ3v) is 5.46. The van der Waals surface area contributed by atoms with Crippen LogP contribution in [0.3, 0.4) is 0 Å². The molecule has 0 unspecified atom stereocenters. The van der Waals surface area contributed by atoms with Gasteiger partial charge < -0.3 is 15.0 Å². The molecule has 1 aliphatic heterocycles. The van der Waals surface area contributed by atoms with E-state index in [0.29, 0.717) is 54.6 Å². The molecule has 0 bridgehead atoms. The van der Waals surface area contributed by atoms with Crippen LogP contribution in [0.15, 0.2) is 54.9 Å². The number of halogens is 1. The van der Waals surface area contributed by atoms with Crippen molar-refractivity contribution in [3.63, 3.8) is 0 Å². The molecule has 0 aliphatic carbocycles. The largest absolute Gasteiger partial charge is 0.436 e. The Bertz CT molecular complexity index is 1080. The second kappa shape index (κ2) is 9.12. The Morgan fingerprint density at radius 2 is 1.87 bits per heavy atom. The minimum absolute atomic E-state index is 0.0373. The van der Waals surface area contributed by atoms with E-state index in [9.17, 15) is 9.18 Å². The summed E-state index contributed by atoms with van der Waals surface area (Å²) in [6.07, 6.45) is 4.63. The lowest BCUT2D eigenvalue weighted by Gasteiger charge is -2.32. The summed E-state index contributed by atoms with van der Waals surface area (Å²) in [4.78, 5) is 23.7. The second-order valence-corrected chi connectivity index (χ2v) is 7.81. The maximum atomic E-state index is 13.3. The summed E-state index contributed by atoms with van der Waals surface area (Å²) in [6, 6.07) is 12.2. The summed E-state index contributed by atoms with van der Waals surface area (Å²) in [5, 5.41) is 2.93. The first-order valence-corrected chi connectivity index (χ1v) is 10.4. The topological polar surface area (TPSA) is 67.4 Å². The van der Waals surface area contributed by atoms with Crippen molar-refractivity contribution >= 4 is 17.4 Å². The number of nitrogens with zero attached hydrogens (tertiary/aromatic N) is 3. The van der Waals surface area contributed by atoms with Crippen LogP contribution in [-0.2, 0) is 4.79 Å². The van der Waals surface area contributed by atoms with Gasteiger partial charge in [0.2, 0.25) is 5.91 Å². The number of piperidine rings is 1. The molecule has 1 amide bonds. The van der Waals surface area contributed by atoms with Crippen molar-refractivity contribution in [2.45, 2.75) is 26.7 Å². The Kier molecular flexibility index (Phi) is 6.11. The van der Waals surface area contributed by atoms with Gasteiger partial charge in [0, 0.05) is 37.1 Å². The first kappa shape index (κ1) is 20.8. The maximum absolute atomic E-state index is 13.3. The number of carbonyl (C=O) groups is 1. The van der Waals surface area contributed by atoms with Crippen molar-refractivity contribution in [2.24, 2.45) is 5.92 Å². The third kappa shape index (κ3) is 4.99.